The van der Waals surface area contributed by atoms with Crippen molar-refractivity contribution >= 4 is 28.9 Å². The van der Waals surface area contributed by atoms with E-state index in [1.165, 1.54) is 12.3 Å². The van der Waals surface area contributed by atoms with Crippen molar-refractivity contribution in [2.45, 2.75) is 6.04 Å². The minimum atomic E-state index is -0.929. The molecule has 0 saturated carbocycles. The second-order valence-corrected chi connectivity index (χ2v) is 5.66. The molecule has 10 heteroatoms. The van der Waals surface area contributed by atoms with Gasteiger partial charge in [0.05, 0.1) is 10.9 Å². The summed E-state index contributed by atoms with van der Waals surface area (Å²) in [6.07, 6.45) is 0.482. The molecule has 2 amide bonds. The lowest BCUT2D eigenvalue weighted by molar-refractivity contribution is 0.1000. The van der Waals surface area contributed by atoms with Gasteiger partial charge < -0.3 is 10.5 Å². The monoisotopic (exact) mass is 359 g/mol. The number of hydrogen-bond acceptors (Lipinski definition) is 5. The zero-order chi connectivity index (χ0) is 18.4. The molecule has 0 spiro atoms. The van der Waals surface area contributed by atoms with Crippen molar-refractivity contribution in [2.75, 3.05) is 11.5 Å². The van der Waals surface area contributed by atoms with E-state index in [0.29, 0.717) is 11.0 Å². The summed E-state index contributed by atoms with van der Waals surface area (Å²) in [4.78, 5) is 28.7. The van der Waals surface area contributed by atoms with E-state index in [1.54, 1.807) is 0 Å². The first-order chi connectivity index (χ1) is 12.5. The highest BCUT2D eigenvalue weighted by atomic mass is 19.1. The zero-order valence-electron chi connectivity index (χ0n) is 13.1. The minimum Gasteiger partial charge on any atom is -0.447 e. The van der Waals surface area contributed by atoms with Crippen molar-refractivity contribution in [3.05, 3.63) is 53.2 Å². The predicted octanol–water partition coefficient (Wildman–Crippen LogP) is 2.03. The Kier molecular flexibility index (Phi) is 3.53. The van der Waals surface area contributed by atoms with Crippen LogP contribution in [0.15, 0.2) is 30.5 Å². The number of cyclic esters (lactones) is 1. The number of anilines is 1. The Morgan fingerprint density at radius 1 is 1.35 bits per heavy atom. The third kappa shape index (κ3) is 2.42. The van der Waals surface area contributed by atoms with Crippen LogP contribution in [0.25, 0.3) is 11.0 Å². The van der Waals surface area contributed by atoms with Crippen LogP contribution >= 0.6 is 0 Å². The van der Waals surface area contributed by atoms with Gasteiger partial charge in [0.15, 0.2) is 11.5 Å². The Morgan fingerprint density at radius 3 is 2.92 bits per heavy atom. The first-order valence-electron chi connectivity index (χ1n) is 7.50. The van der Waals surface area contributed by atoms with Crippen LogP contribution in [0.1, 0.15) is 22.0 Å². The van der Waals surface area contributed by atoms with E-state index < -0.39 is 29.7 Å². The van der Waals surface area contributed by atoms with E-state index in [2.05, 4.69) is 15.2 Å². The van der Waals surface area contributed by atoms with Crippen molar-refractivity contribution in [3.63, 3.8) is 0 Å². The summed E-state index contributed by atoms with van der Waals surface area (Å²) in [6.45, 7) is -0.184. The average Bonchev–Trinajstić information content (AvgIpc) is 3.19. The summed E-state index contributed by atoms with van der Waals surface area (Å²) in [6, 6.07) is 3.43. The van der Waals surface area contributed by atoms with Gasteiger partial charge >= 0.3 is 6.09 Å². The second kappa shape index (κ2) is 5.76. The van der Waals surface area contributed by atoms with E-state index in [-0.39, 0.29) is 23.6 Å². The number of hydrogen-bond donors (Lipinski definition) is 2. The molecule has 0 radical (unpaired) electrons. The molecule has 1 saturated heterocycles. The molecule has 2 aromatic heterocycles. The van der Waals surface area contributed by atoms with Gasteiger partial charge in [0.25, 0.3) is 0 Å². The molecule has 0 unspecified atom stereocenters. The number of fused-ring (bicyclic) bond motifs is 1. The van der Waals surface area contributed by atoms with Gasteiger partial charge in [-0.25, -0.2) is 23.5 Å². The maximum absolute atomic E-state index is 14.2. The summed E-state index contributed by atoms with van der Waals surface area (Å²) >= 11 is 0. The lowest BCUT2D eigenvalue weighted by atomic mass is 10.1. The van der Waals surface area contributed by atoms with Crippen LogP contribution in [-0.4, -0.2) is 33.8 Å². The largest absolute Gasteiger partial charge is 0.447 e. The number of aromatic nitrogens is 3. The van der Waals surface area contributed by atoms with E-state index in [1.807, 2.05) is 0 Å². The van der Waals surface area contributed by atoms with E-state index in [4.69, 9.17) is 10.5 Å². The maximum Gasteiger partial charge on any atom is 0.416 e. The smallest absolute Gasteiger partial charge is 0.416 e. The van der Waals surface area contributed by atoms with Crippen molar-refractivity contribution < 1.29 is 23.1 Å². The van der Waals surface area contributed by atoms with Crippen LogP contribution in [0.4, 0.5) is 19.4 Å². The molecule has 26 heavy (non-hydrogen) atoms. The first kappa shape index (κ1) is 15.9. The van der Waals surface area contributed by atoms with Crippen molar-refractivity contribution in [2.24, 2.45) is 5.73 Å². The average molecular weight is 359 g/mol. The van der Waals surface area contributed by atoms with Gasteiger partial charge in [-0.05, 0) is 24.3 Å². The number of primary amides is 1. The summed E-state index contributed by atoms with van der Waals surface area (Å²) in [7, 11) is 0. The quantitative estimate of drug-likeness (QED) is 0.743. The Balaban J connectivity index is 1.86. The van der Waals surface area contributed by atoms with Crippen molar-refractivity contribution in [1.82, 2.24) is 15.2 Å². The molecule has 0 aliphatic carbocycles. The van der Waals surface area contributed by atoms with E-state index in [0.717, 1.165) is 23.1 Å². The molecular weight excluding hydrogens is 348 g/mol. The van der Waals surface area contributed by atoms with E-state index in [9.17, 15) is 18.4 Å². The molecule has 1 aliphatic rings. The summed E-state index contributed by atoms with van der Waals surface area (Å²) < 4.78 is 32.8. The molecular formula is C16H11F2N5O3. The number of rotatable bonds is 3. The number of nitrogens with two attached hydrogens (primary N) is 1. The lowest BCUT2D eigenvalue weighted by Gasteiger charge is -2.20. The van der Waals surface area contributed by atoms with Crippen LogP contribution in [0, 0.1) is 11.6 Å². The normalized spacial score (nSPS) is 16.9. The van der Waals surface area contributed by atoms with Crippen LogP contribution in [0.5, 0.6) is 0 Å². The van der Waals surface area contributed by atoms with Gasteiger partial charge in [-0.1, -0.05) is 0 Å². The molecule has 1 atom stereocenters. The number of amides is 2. The van der Waals surface area contributed by atoms with Crippen LogP contribution < -0.4 is 10.6 Å². The number of nitrogens with one attached hydrogen (secondary N) is 1. The molecule has 1 fully saturated rings. The minimum absolute atomic E-state index is 0.0500. The third-order valence-electron chi connectivity index (χ3n) is 4.10. The summed E-state index contributed by atoms with van der Waals surface area (Å²) in [5, 5.41) is 6.97. The standard InChI is InChI=1S/C16H11F2N5O3/c17-8-1-2-11(18)9(4-8)12-6-26-16(25)23(12)15-10-3-7(13(19)24)5-20-14(10)21-22-15/h1-5,12H,6H2,(H2,19,24)(H,20,21,22)/t12-/m1/s1. The number of nitrogens with zero attached hydrogens (tertiary/aromatic N) is 3. The first-order valence-corrected chi connectivity index (χ1v) is 7.50. The summed E-state index contributed by atoms with van der Waals surface area (Å²) in [5.41, 5.74) is 5.61. The second-order valence-electron chi connectivity index (χ2n) is 5.66. The molecule has 3 heterocycles. The topological polar surface area (TPSA) is 114 Å². The highest BCUT2D eigenvalue weighted by Gasteiger charge is 2.39. The maximum atomic E-state index is 14.2. The van der Waals surface area contributed by atoms with E-state index >= 15 is 0 Å². The van der Waals surface area contributed by atoms with Crippen LogP contribution in [-0.2, 0) is 4.74 Å². The number of carbonyl (C=O) groups excluding carboxylic acids is 2. The Morgan fingerprint density at radius 2 is 2.15 bits per heavy atom. The van der Waals surface area contributed by atoms with Crippen LogP contribution in [0.2, 0.25) is 0 Å². The lowest BCUT2D eigenvalue weighted by Crippen LogP contribution is -2.28. The fourth-order valence-corrected chi connectivity index (χ4v) is 2.86. The number of carbonyl (C=O) groups is 2. The molecule has 4 rings (SSSR count). The highest BCUT2D eigenvalue weighted by molar-refractivity contribution is 6.02. The molecule has 0 bridgehead atoms. The number of pyridine rings is 1. The Bertz CT molecular complexity index is 1050. The van der Waals surface area contributed by atoms with Crippen molar-refractivity contribution in [3.8, 4) is 0 Å². The van der Waals surface area contributed by atoms with Gasteiger partial charge in [0.1, 0.15) is 24.3 Å². The highest BCUT2D eigenvalue weighted by Crippen LogP contribution is 2.36. The molecule has 3 aromatic rings. The zero-order valence-corrected chi connectivity index (χ0v) is 13.1. The molecule has 3 N–H and O–H groups in total. The molecule has 1 aliphatic heterocycles. The molecule has 1 aromatic carbocycles. The Hall–Kier alpha value is -3.56. The SMILES string of the molecule is NC(=O)c1cnc2[nH]nc(N3C(=O)OC[C@@H]3c3cc(F)ccc3F)c2c1. The van der Waals surface area contributed by atoms with Gasteiger partial charge in [-0.15, -0.1) is 0 Å². The van der Waals surface area contributed by atoms with Gasteiger partial charge in [-0.2, -0.15) is 5.10 Å². The van der Waals surface area contributed by atoms with Gasteiger partial charge in [0, 0.05) is 11.8 Å². The third-order valence-corrected chi connectivity index (χ3v) is 4.10. The van der Waals surface area contributed by atoms with Gasteiger partial charge in [0.2, 0.25) is 5.91 Å². The number of H-pyrrole nitrogens is 1. The number of ether oxygens (including phenoxy) is 1. The number of benzene rings is 1. The van der Waals surface area contributed by atoms with Gasteiger partial charge in [-0.3, -0.25) is 9.89 Å². The molecule has 132 valence electrons. The Labute approximate surface area is 144 Å². The molecule has 8 nitrogen and oxygen atoms in total. The fourth-order valence-electron chi connectivity index (χ4n) is 2.86. The van der Waals surface area contributed by atoms with Crippen LogP contribution in [0.3, 0.4) is 0 Å². The number of halogens is 2. The fraction of sp³-hybridized carbons (Fsp3) is 0.125. The predicted molar refractivity (Wildman–Crippen MR) is 85.3 cm³/mol. The number of aromatic amines is 1. The summed E-state index contributed by atoms with van der Waals surface area (Å²) in [5.74, 6) is -1.96. The van der Waals surface area contributed by atoms with Crippen molar-refractivity contribution in [1.29, 1.82) is 0 Å².